The molecule has 2 rings (SSSR count). The highest BCUT2D eigenvalue weighted by Crippen LogP contribution is 2.44. The number of aliphatic hydroxyl groups is 2. The van der Waals surface area contributed by atoms with Gasteiger partial charge in [-0.05, 0) is 35.4 Å². The molecule has 0 fully saturated rings. The topological polar surface area (TPSA) is 58.9 Å². The van der Waals surface area contributed by atoms with Gasteiger partial charge in [-0.25, -0.2) is 0 Å². The molecule has 4 nitrogen and oxygen atoms in total. The number of hydrogen-bond donors (Lipinski definition) is 2. The summed E-state index contributed by atoms with van der Waals surface area (Å²) in [6.07, 6.45) is -1.63. The minimum absolute atomic E-state index is 0.731. The smallest absolute Gasteiger partial charge is 0.118 e. The largest absolute Gasteiger partial charge is 0.497 e. The third kappa shape index (κ3) is 3.66. The van der Waals surface area contributed by atoms with Gasteiger partial charge in [-0.15, -0.1) is 0 Å². The molecular formula is C19H24O4. The van der Waals surface area contributed by atoms with E-state index >= 15 is 0 Å². The third-order valence-electron chi connectivity index (χ3n) is 4.27. The van der Waals surface area contributed by atoms with Crippen LogP contribution < -0.4 is 9.47 Å². The highest BCUT2D eigenvalue weighted by Gasteiger charge is 2.37. The van der Waals surface area contributed by atoms with Crippen LogP contribution in [-0.4, -0.2) is 24.4 Å². The number of aliphatic hydroxyl groups excluding tert-OH is 2. The first-order valence-electron chi connectivity index (χ1n) is 7.54. The Labute approximate surface area is 137 Å². The van der Waals surface area contributed by atoms with Crippen LogP contribution in [0.25, 0.3) is 0 Å². The van der Waals surface area contributed by atoms with Gasteiger partial charge in [0.1, 0.15) is 11.5 Å². The predicted octanol–water partition coefficient (Wildman–Crippen LogP) is 3.50. The first-order valence-corrected chi connectivity index (χ1v) is 7.54. The Balaban J connectivity index is 2.23. The zero-order chi connectivity index (χ0) is 17.0. The zero-order valence-corrected chi connectivity index (χ0v) is 14.0. The van der Waals surface area contributed by atoms with Gasteiger partial charge in [-0.2, -0.15) is 0 Å². The standard InChI is InChI=1S/C19H24O4/c1-19(2,17(20)13-5-9-15(22-3)10-6-13)18(21)14-7-11-16(23-4)12-8-14/h5-12,17-18,20-21H,1-4H3/t17-,18-/m0/s1. The van der Waals surface area contributed by atoms with Gasteiger partial charge >= 0.3 is 0 Å². The first-order chi connectivity index (χ1) is 10.9. The van der Waals surface area contributed by atoms with E-state index in [4.69, 9.17) is 9.47 Å². The SMILES string of the molecule is COc1ccc([C@H](O)C(C)(C)[C@@H](O)c2ccc(OC)cc2)cc1. The fourth-order valence-corrected chi connectivity index (χ4v) is 2.58. The molecule has 0 aliphatic heterocycles. The molecule has 0 aromatic heterocycles. The lowest BCUT2D eigenvalue weighted by molar-refractivity contribution is -0.0513. The van der Waals surface area contributed by atoms with Crippen molar-refractivity contribution in [3.05, 3.63) is 59.7 Å². The highest BCUT2D eigenvalue weighted by atomic mass is 16.5. The van der Waals surface area contributed by atoms with Crippen LogP contribution in [0.1, 0.15) is 37.2 Å². The minimum atomic E-state index is -0.814. The number of rotatable bonds is 6. The van der Waals surface area contributed by atoms with Crippen LogP contribution in [0.15, 0.2) is 48.5 Å². The van der Waals surface area contributed by atoms with Crippen LogP contribution in [0.4, 0.5) is 0 Å². The average molecular weight is 316 g/mol. The summed E-state index contributed by atoms with van der Waals surface area (Å²) >= 11 is 0. The molecule has 2 atom stereocenters. The lowest BCUT2D eigenvalue weighted by atomic mass is 9.75. The molecule has 124 valence electrons. The van der Waals surface area contributed by atoms with Crippen molar-refractivity contribution in [2.45, 2.75) is 26.1 Å². The van der Waals surface area contributed by atoms with Gasteiger partial charge in [0.05, 0.1) is 26.4 Å². The van der Waals surface area contributed by atoms with Crippen molar-refractivity contribution in [3.63, 3.8) is 0 Å². The molecule has 2 N–H and O–H groups in total. The van der Waals surface area contributed by atoms with E-state index in [0.717, 1.165) is 22.6 Å². The highest BCUT2D eigenvalue weighted by molar-refractivity contribution is 5.32. The predicted molar refractivity (Wildman–Crippen MR) is 89.7 cm³/mol. The van der Waals surface area contributed by atoms with Crippen molar-refractivity contribution in [1.82, 2.24) is 0 Å². The summed E-state index contributed by atoms with van der Waals surface area (Å²) < 4.78 is 10.3. The number of benzene rings is 2. The molecule has 4 heteroatoms. The van der Waals surface area contributed by atoms with E-state index in [9.17, 15) is 10.2 Å². The second-order valence-corrected chi connectivity index (χ2v) is 6.17. The van der Waals surface area contributed by atoms with E-state index < -0.39 is 17.6 Å². The molecule has 23 heavy (non-hydrogen) atoms. The Kier molecular flexibility index (Phi) is 5.29. The molecule has 0 heterocycles. The third-order valence-corrected chi connectivity index (χ3v) is 4.27. The summed E-state index contributed by atoms with van der Waals surface area (Å²) in [6, 6.07) is 14.4. The lowest BCUT2D eigenvalue weighted by Crippen LogP contribution is -2.29. The molecule has 0 aliphatic rings. The van der Waals surface area contributed by atoms with Crippen LogP contribution in [0.3, 0.4) is 0 Å². The van der Waals surface area contributed by atoms with E-state index in [-0.39, 0.29) is 0 Å². The van der Waals surface area contributed by atoms with Crippen molar-refractivity contribution < 1.29 is 19.7 Å². The van der Waals surface area contributed by atoms with Crippen LogP contribution in [0, 0.1) is 5.41 Å². The summed E-state index contributed by atoms with van der Waals surface area (Å²) in [5.74, 6) is 1.46. The summed E-state index contributed by atoms with van der Waals surface area (Å²) in [6.45, 7) is 3.69. The summed E-state index contributed by atoms with van der Waals surface area (Å²) in [4.78, 5) is 0. The molecule has 2 aromatic carbocycles. The fraction of sp³-hybridized carbons (Fsp3) is 0.368. The van der Waals surface area contributed by atoms with Crippen molar-refractivity contribution in [2.24, 2.45) is 5.41 Å². The Hall–Kier alpha value is -2.04. The van der Waals surface area contributed by atoms with Crippen LogP contribution in [0.5, 0.6) is 11.5 Å². The summed E-state index contributed by atoms with van der Waals surface area (Å²) in [5, 5.41) is 21.4. The quantitative estimate of drug-likeness (QED) is 0.856. The lowest BCUT2D eigenvalue weighted by Gasteiger charge is -2.36. The van der Waals surface area contributed by atoms with Gasteiger partial charge in [0.15, 0.2) is 0 Å². The van der Waals surface area contributed by atoms with E-state index in [1.807, 2.05) is 38.1 Å². The monoisotopic (exact) mass is 316 g/mol. The van der Waals surface area contributed by atoms with Crippen molar-refractivity contribution in [1.29, 1.82) is 0 Å². The molecule has 2 aromatic rings. The van der Waals surface area contributed by atoms with Gasteiger partial charge in [0.2, 0.25) is 0 Å². The van der Waals surface area contributed by atoms with Crippen molar-refractivity contribution in [3.8, 4) is 11.5 Å². The molecular weight excluding hydrogens is 292 g/mol. The van der Waals surface area contributed by atoms with Gasteiger partial charge in [0.25, 0.3) is 0 Å². The summed E-state index contributed by atoms with van der Waals surface area (Å²) in [7, 11) is 3.20. The second-order valence-electron chi connectivity index (χ2n) is 6.17. The number of hydrogen-bond acceptors (Lipinski definition) is 4. The van der Waals surface area contributed by atoms with Crippen LogP contribution in [0.2, 0.25) is 0 Å². The fourth-order valence-electron chi connectivity index (χ4n) is 2.58. The molecule has 0 aliphatic carbocycles. The van der Waals surface area contributed by atoms with Crippen molar-refractivity contribution in [2.75, 3.05) is 14.2 Å². The molecule has 0 saturated heterocycles. The van der Waals surface area contributed by atoms with E-state index in [0.29, 0.717) is 0 Å². The Morgan fingerprint density at radius 3 is 1.26 bits per heavy atom. The van der Waals surface area contributed by atoms with E-state index in [1.54, 1.807) is 38.5 Å². The van der Waals surface area contributed by atoms with Gasteiger partial charge in [0, 0.05) is 5.41 Å². The van der Waals surface area contributed by atoms with Gasteiger partial charge < -0.3 is 19.7 Å². The van der Waals surface area contributed by atoms with Gasteiger partial charge in [-0.3, -0.25) is 0 Å². The molecule has 0 bridgehead atoms. The average Bonchev–Trinajstić information content (AvgIpc) is 2.60. The van der Waals surface area contributed by atoms with E-state index in [2.05, 4.69) is 0 Å². The van der Waals surface area contributed by atoms with Crippen LogP contribution >= 0.6 is 0 Å². The van der Waals surface area contributed by atoms with Crippen molar-refractivity contribution >= 4 is 0 Å². The summed E-state index contributed by atoms with van der Waals surface area (Å²) in [5.41, 5.74) is 0.718. The van der Waals surface area contributed by atoms with Gasteiger partial charge in [-0.1, -0.05) is 38.1 Å². The molecule has 0 radical (unpaired) electrons. The zero-order valence-electron chi connectivity index (χ0n) is 14.0. The molecule has 0 saturated carbocycles. The van der Waals surface area contributed by atoms with Crippen LogP contribution in [-0.2, 0) is 0 Å². The number of ether oxygens (including phenoxy) is 2. The maximum Gasteiger partial charge on any atom is 0.118 e. The second kappa shape index (κ2) is 7.02. The first kappa shape index (κ1) is 17.3. The normalized spacial score (nSPS) is 14.2. The maximum absolute atomic E-state index is 10.7. The molecule has 0 amide bonds. The Morgan fingerprint density at radius 2 is 1.00 bits per heavy atom. The Bertz CT molecular complexity index is 561. The molecule has 0 spiro atoms. The Morgan fingerprint density at radius 1 is 0.696 bits per heavy atom. The maximum atomic E-state index is 10.7. The minimum Gasteiger partial charge on any atom is -0.497 e. The number of methoxy groups -OCH3 is 2. The van der Waals surface area contributed by atoms with E-state index in [1.165, 1.54) is 0 Å². The molecule has 0 unspecified atom stereocenters.